The number of anilines is 1. The maximum Gasteiger partial charge on any atom is 0.136 e. The Kier molecular flexibility index (Phi) is 3.56. The normalized spacial score (nSPS) is 21.7. The third-order valence-corrected chi connectivity index (χ3v) is 4.95. The lowest BCUT2D eigenvalue weighted by Crippen LogP contribution is -2.35. The minimum Gasteiger partial charge on any atom is -0.349 e. The number of fused-ring (bicyclic) bond motifs is 1. The molecule has 5 nitrogen and oxygen atoms in total. The lowest BCUT2D eigenvalue weighted by atomic mass is 9.93. The summed E-state index contributed by atoms with van der Waals surface area (Å²) in [6.45, 7) is 3.11. The van der Waals surface area contributed by atoms with Crippen molar-refractivity contribution in [3.63, 3.8) is 0 Å². The maximum atomic E-state index is 4.85. The molecule has 1 N–H and O–H groups in total. The van der Waals surface area contributed by atoms with Crippen LogP contribution >= 0.6 is 0 Å². The molecule has 22 heavy (non-hydrogen) atoms. The lowest BCUT2D eigenvalue weighted by Gasteiger charge is -2.38. The third kappa shape index (κ3) is 2.38. The number of H-pyrrole nitrogens is 1. The van der Waals surface area contributed by atoms with E-state index in [0.717, 1.165) is 25.2 Å². The number of hydrogen-bond acceptors (Lipinski definition) is 4. The highest BCUT2D eigenvalue weighted by Gasteiger charge is 2.29. The van der Waals surface area contributed by atoms with Crippen molar-refractivity contribution in [2.45, 2.75) is 57.9 Å². The van der Waals surface area contributed by atoms with Gasteiger partial charge in [0.15, 0.2) is 0 Å². The molecule has 0 saturated carbocycles. The van der Waals surface area contributed by atoms with Gasteiger partial charge in [0.25, 0.3) is 0 Å². The fourth-order valence-corrected chi connectivity index (χ4v) is 3.91. The van der Waals surface area contributed by atoms with Crippen LogP contribution < -0.4 is 4.90 Å². The van der Waals surface area contributed by atoms with E-state index in [1.165, 1.54) is 54.7 Å². The van der Waals surface area contributed by atoms with E-state index >= 15 is 0 Å². The standard InChI is InChI=1S/C17H23N5/c1-12-20-15-7-3-2-6-14(15)17(21-12)22-9-5-4-8-16(22)13-10-18-19-11-13/h10-11,16H,2-9H2,1H3,(H,18,19). The number of rotatable bonds is 2. The Morgan fingerprint density at radius 2 is 2.05 bits per heavy atom. The van der Waals surface area contributed by atoms with E-state index < -0.39 is 0 Å². The fraction of sp³-hybridized carbons (Fsp3) is 0.588. The van der Waals surface area contributed by atoms with E-state index in [9.17, 15) is 0 Å². The molecule has 4 rings (SSSR count). The minimum absolute atomic E-state index is 0.396. The molecule has 3 heterocycles. The molecule has 0 radical (unpaired) electrons. The van der Waals surface area contributed by atoms with Crippen molar-refractivity contribution in [1.29, 1.82) is 0 Å². The third-order valence-electron chi connectivity index (χ3n) is 4.95. The van der Waals surface area contributed by atoms with Crippen molar-refractivity contribution in [1.82, 2.24) is 20.2 Å². The second-order valence-electron chi connectivity index (χ2n) is 6.46. The van der Waals surface area contributed by atoms with Crippen LogP contribution in [0.3, 0.4) is 0 Å². The molecule has 1 aliphatic heterocycles. The van der Waals surface area contributed by atoms with E-state index in [2.05, 4.69) is 15.1 Å². The first-order valence-corrected chi connectivity index (χ1v) is 8.44. The number of aromatic nitrogens is 4. The quantitative estimate of drug-likeness (QED) is 0.925. The first kappa shape index (κ1) is 13.7. The molecule has 0 bridgehead atoms. The van der Waals surface area contributed by atoms with Gasteiger partial charge in [0, 0.05) is 29.6 Å². The molecule has 5 heteroatoms. The zero-order valence-electron chi connectivity index (χ0n) is 13.2. The van der Waals surface area contributed by atoms with Crippen molar-refractivity contribution in [3.05, 3.63) is 35.0 Å². The van der Waals surface area contributed by atoms with Gasteiger partial charge in [0.1, 0.15) is 11.6 Å². The molecular weight excluding hydrogens is 274 g/mol. The predicted octanol–water partition coefficient (Wildman–Crippen LogP) is 3.12. The number of nitrogens with zero attached hydrogens (tertiary/aromatic N) is 4. The van der Waals surface area contributed by atoms with Crippen molar-refractivity contribution in [2.75, 3.05) is 11.4 Å². The summed E-state index contributed by atoms with van der Waals surface area (Å²) >= 11 is 0. The number of nitrogens with one attached hydrogen (secondary N) is 1. The van der Waals surface area contributed by atoms with Crippen LogP contribution in [0.2, 0.25) is 0 Å². The highest BCUT2D eigenvalue weighted by Crippen LogP contribution is 2.37. The van der Waals surface area contributed by atoms with Gasteiger partial charge in [-0.15, -0.1) is 0 Å². The summed E-state index contributed by atoms with van der Waals surface area (Å²) in [6.07, 6.45) is 12.4. The molecule has 1 fully saturated rings. The van der Waals surface area contributed by atoms with Crippen LogP contribution in [0.1, 0.15) is 60.8 Å². The Morgan fingerprint density at radius 1 is 1.14 bits per heavy atom. The summed E-state index contributed by atoms with van der Waals surface area (Å²) in [5, 5.41) is 7.11. The average molecular weight is 297 g/mol. The van der Waals surface area contributed by atoms with Crippen molar-refractivity contribution in [2.24, 2.45) is 0 Å². The Morgan fingerprint density at radius 3 is 2.91 bits per heavy atom. The predicted molar refractivity (Wildman–Crippen MR) is 85.9 cm³/mol. The van der Waals surface area contributed by atoms with E-state index in [-0.39, 0.29) is 0 Å². The molecule has 0 spiro atoms. The first-order chi connectivity index (χ1) is 10.8. The molecule has 0 aromatic carbocycles. The molecule has 2 aromatic heterocycles. The highest BCUT2D eigenvalue weighted by molar-refractivity contribution is 5.52. The van der Waals surface area contributed by atoms with Crippen LogP contribution in [0.25, 0.3) is 0 Å². The van der Waals surface area contributed by atoms with Crippen LogP contribution in [0, 0.1) is 6.92 Å². The Labute approximate surface area is 131 Å². The van der Waals surface area contributed by atoms with Gasteiger partial charge in [-0.2, -0.15) is 5.10 Å². The van der Waals surface area contributed by atoms with Crippen molar-refractivity contribution in [3.8, 4) is 0 Å². The maximum absolute atomic E-state index is 4.85. The molecule has 1 atom stereocenters. The van der Waals surface area contributed by atoms with Gasteiger partial charge < -0.3 is 4.90 Å². The number of piperidine rings is 1. The Hall–Kier alpha value is -1.91. The van der Waals surface area contributed by atoms with Gasteiger partial charge in [0.2, 0.25) is 0 Å². The van der Waals surface area contributed by atoms with Gasteiger partial charge >= 0.3 is 0 Å². The second-order valence-corrected chi connectivity index (χ2v) is 6.46. The lowest BCUT2D eigenvalue weighted by molar-refractivity contribution is 0.466. The smallest absolute Gasteiger partial charge is 0.136 e. The highest BCUT2D eigenvalue weighted by atomic mass is 15.2. The average Bonchev–Trinajstić information content (AvgIpc) is 3.08. The number of aromatic amines is 1. The molecule has 1 saturated heterocycles. The summed E-state index contributed by atoms with van der Waals surface area (Å²) in [6, 6.07) is 0.396. The molecule has 2 aliphatic rings. The molecule has 1 unspecified atom stereocenters. The monoisotopic (exact) mass is 297 g/mol. The number of hydrogen-bond donors (Lipinski definition) is 1. The van der Waals surface area contributed by atoms with Gasteiger partial charge in [-0.3, -0.25) is 5.10 Å². The molecule has 0 amide bonds. The van der Waals surface area contributed by atoms with Gasteiger partial charge in [-0.25, -0.2) is 9.97 Å². The Bertz CT molecular complexity index is 649. The summed E-state index contributed by atoms with van der Waals surface area (Å²) < 4.78 is 0. The largest absolute Gasteiger partial charge is 0.349 e. The summed E-state index contributed by atoms with van der Waals surface area (Å²) in [5.41, 5.74) is 3.96. The molecular formula is C17H23N5. The van der Waals surface area contributed by atoms with Crippen molar-refractivity contribution >= 4 is 5.82 Å². The fourth-order valence-electron chi connectivity index (χ4n) is 3.91. The number of aryl methyl sites for hydroxylation is 2. The molecule has 1 aliphatic carbocycles. The van der Waals surface area contributed by atoms with E-state index in [0.29, 0.717) is 6.04 Å². The summed E-state index contributed by atoms with van der Waals surface area (Å²) in [4.78, 5) is 12.1. The zero-order chi connectivity index (χ0) is 14.9. The summed E-state index contributed by atoms with van der Waals surface area (Å²) in [5.74, 6) is 2.10. The topological polar surface area (TPSA) is 57.7 Å². The van der Waals surface area contributed by atoms with Gasteiger partial charge in [0.05, 0.1) is 12.2 Å². The van der Waals surface area contributed by atoms with Crippen LogP contribution in [0.4, 0.5) is 5.82 Å². The minimum atomic E-state index is 0.396. The SMILES string of the molecule is Cc1nc2c(c(N3CCCCC3c3cn[nH]c3)n1)CCCC2. The van der Waals surface area contributed by atoms with E-state index in [1.807, 2.05) is 19.3 Å². The van der Waals surface area contributed by atoms with Gasteiger partial charge in [-0.1, -0.05) is 0 Å². The van der Waals surface area contributed by atoms with Gasteiger partial charge in [-0.05, 0) is 51.9 Å². The first-order valence-electron chi connectivity index (χ1n) is 8.44. The zero-order valence-corrected chi connectivity index (χ0v) is 13.2. The molecule has 116 valence electrons. The van der Waals surface area contributed by atoms with Crippen LogP contribution in [-0.4, -0.2) is 26.7 Å². The van der Waals surface area contributed by atoms with Crippen LogP contribution in [0.5, 0.6) is 0 Å². The van der Waals surface area contributed by atoms with Crippen LogP contribution in [-0.2, 0) is 12.8 Å². The summed E-state index contributed by atoms with van der Waals surface area (Å²) in [7, 11) is 0. The van der Waals surface area contributed by atoms with Crippen molar-refractivity contribution < 1.29 is 0 Å². The van der Waals surface area contributed by atoms with E-state index in [1.54, 1.807) is 0 Å². The van der Waals surface area contributed by atoms with E-state index in [4.69, 9.17) is 9.97 Å². The van der Waals surface area contributed by atoms with Crippen LogP contribution in [0.15, 0.2) is 12.4 Å². The Balaban J connectivity index is 1.77. The molecule has 2 aromatic rings. The second kappa shape index (κ2) is 5.71.